The van der Waals surface area contributed by atoms with Gasteiger partial charge in [-0.3, -0.25) is 0 Å². The topological polar surface area (TPSA) is 48.1 Å². The maximum absolute atomic E-state index is 5.78. The van der Waals surface area contributed by atoms with Gasteiger partial charge in [-0.2, -0.15) is 0 Å². The van der Waals surface area contributed by atoms with E-state index in [2.05, 4.69) is 18.8 Å². The van der Waals surface area contributed by atoms with E-state index >= 15 is 0 Å². The molecule has 0 fully saturated rings. The first kappa shape index (κ1) is 14.0. The number of aromatic nitrogens is 1. The van der Waals surface area contributed by atoms with Gasteiger partial charge in [-0.1, -0.05) is 38.2 Å². The molecule has 0 unspecified atom stereocenters. The monoisotopic (exact) mass is 292 g/mol. The van der Waals surface area contributed by atoms with Crippen molar-refractivity contribution in [3.8, 4) is 16.3 Å². The molecule has 0 aliphatic carbocycles. The second-order valence-corrected chi connectivity index (χ2v) is 5.92. The van der Waals surface area contributed by atoms with Gasteiger partial charge in [0.15, 0.2) is 0 Å². The van der Waals surface area contributed by atoms with Gasteiger partial charge in [-0.05, 0) is 18.1 Å². The van der Waals surface area contributed by atoms with Crippen LogP contribution in [0, 0.1) is 0 Å². The zero-order valence-corrected chi connectivity index (χ0v) is 12.8. The molecule has 1 heterocycles. The fourth-order valence-corrected chi connectivity index (χ4v) is 3.08. The summed E-state index contributed by atoms with van der Waals surface area (Å²) in [6, 6.07) is 7.83. The lowest BCUT2D eigenvalue weighted by Gasteiger charge is -2.02. The van der Waals surface area contributed by atoms with E-state index in [1.165, 1.54) is 11.3 Å². The zero-order valence-electron chi connectivity index (χ0n) is 11.1. The van der Waals surface area contributed by atoms with Gasteiger partial charge >= 0.3 is 0 Å². The molecule has 0 spiro atoms. The molecule has 0 amide bonds. The van der Waals surface area contributed by atoms with Crippen molar-refractivity contribution < 1.29 is 4.74 Å². The first-order valence-corrected chi connectivity index (χ1v) is 7.20. The molecule has 5 heteroatoms. The van der Waals surface area contributed by atoms with Crippen LogP contribution in [0.5, 0.6) is 5.75 Å². The second kappa shape index (κ2) is 5.67. The van der Waals surface area contributed by atoms with Crippen LogP contribution in [0.4, 0.5) is 0 Å². The van der Waals surface area contributed by atoms with Gasteiger partial charge < -0.3 is 10.5 Å². The molecular formula is C14H16N2OS2. The van der Waals surface area contributed by atoms with Crippen molar-refractivity contribution in [3.05, 3.63) is 34.8 Å². The number of methoxy groups -OCH3 is 1. The molecule has 3 nitrogen and oxygen atoms in total. The summed E-state index contributed by atoms with van der Waals surface area (Å²) in [5.74, 6) is 1.11. The van der Waals surface area contributed by atoms with E-state index in [0.717, 1.165) is 26.9 Å². The fourth-order valence-electron chi connectivity index (χ4n) is 1.78. The molecule has 100 valence electrons. The van der Waals surface area contributed by atoms with Crippen molar-refractivity contribution in [3.63, 3.8) is 0 Å². The molecule has 1 aromatic heterocycles. The Morgan fingerprint density at radius 1 is 1.42 bits per heavy atom. The van der Waals surface area contributed by atoms with E-state index < -0.39 is 0 Å². The van der Waals surface area contributed by atoms with Crippen LogP contribution in [0.25, 0.3) is 10.6 Å². The van der Waals surface area contributed by atoms with Gasteiger partial charge in [-0.25, -0.2) is 4.98 Å². The lowest BCUT2D eigenvalue weighted by Crippen LogP contribution is -2.10. The van der Waals surface area contributed by atoms with E-state index in [1.54, 1.807) is 7.11 Å². The molecule has 0 aliphatic heterocycles. The number of benzene rings is 1. The normalized spacial score (nSPS) is 10.7. The van der Waals surface area contributed by atoms with Crippen LogP contribution in [0.1, 0.15) is 30.3 Å². The number of thiocarbonyl (C=S) groups is 1. The highest BCUT2D eigenvalue weighted by Gasteiger charge is 2.17. The standard InChI is InChI=1S/C14H16N2OS2/c1-8(2)11-12(13(15)18)19-14(16-11)9-5-4-6-10(7-9)17-3/h4-8H,1-3H3,(H2,15,18). The molecule has 0 atom stereocenters. The Morgan fingerprint density at radius 3 is 2.68 bits per heavy atom. The SMILES string of the molecule is COc1cccc(-c2nc(C(C)C)c(C(N)=S)s2)c1. The highest BCUT2D eigenvalue weighted by Crippen LogP contribution is 2.33. The van der Waals surface area contributed by atoms with E-state index in [1.807, 2.05) is 24.3 Å². The van der Waals surface area contributed by atoms with Gasteiger partial charge in [0.05, 0.1) is 17.7 Å². The summed E-state index contributed by atoms with van der Waals surface area (Å²) in [5, 5.41) is 0.922. The second-order valence-electron chi connectivity index (χ2n) is 4.48. The van der Waals surface area contributed by atoms with E-state index in [0.29, 0.717) is 10.9 Å². The molecule has 0 bridgehead atoms. The van der Waals surface area contributed by atoms with Crippen LogP contribution in [-0.2, 0) is 0 Å². The molecular weight excluding hydrogens is 276 g/mol. The van der Waals surface area contributed by atoms with Crippen molar-refractivity contribution in [1.82, 2.24) is 4.98 Å². The Balaban J connectivity index is 2.50. The smallest absolute Gasteiger partial charge is 0.124 e. The van der Waals surface area contributed by atoms with Gasteiger partial charge in [0.25, 0.3) is 0 Å². The Labute approximate surface area is 122 Å². The average molecular weight is 292 g/mol. The van der Waals surface area contributed by atoms with E-state index in [-0.39, 0.29) is 0 Å². The summed E-state index contributed by atoms with van der Waals surface area (Å²) in [6.07, 6.45) is 0. The predicted molar refractivity (Wildman–Crippen MR) is 84.1 cm³/mol. The third-order valence-electron chi connectivity index (χ3n) is 2.74. The van der Waals surface area contributed by atoms with Gasteiger partial charge in [0.2, 0.25) is 0 Å². The van der Waals surface area contributed by atoms with Crippen LogP contribution in [0.3, 0.4) is 0 Å². The third-order valence-corrected chi connectivity index (χ3v) is 4.23. The molecule has 0 aliphatic rings. The minimum absolute atomic E-state index is 0.298. The summed E-state index contributed by atoms with van der Waals surface area (Å²) < 4.78 is 5.23. The van der Waals surface area contributed by atoms with Crippen LogP contribution in [-0.4, -0.2) is 17.1 Å². The maximum atomic E-state index is 5.78. The average Bonchev–Trinajstić information content (AvgIpc) is 2.84. The van der Waals surface area contributed by atoms with Gasteiger partial charge in [0.1, 0.15) is 15.7 Å². The first-order valence-electron chi connectivity index (χ1n) is 5.98. The first-order chi connectivity index (χ1) is 9.02. The van der Waals surface area contributed by atoms with Crippen molar-refractivity contribution in [2.75, 3.05) is 7.11 Å². The summed E-state index contributed by atoms with van der Waals surface area (Å²) in [6.45, 7) is 4.18. The number of rotatable bonds is 4. The van der Waals surface area contributed by atoms with Gasteiger partial charge in [-0.15, -0.1) is 11.3 Å². The van der Waals surface area contributed by atoms with Crippen molar-refractivity contribution in [2.24, 2.45) is 5.73 Å². The Kier molecular flexibility index (Phi) is 4.17. The number of nitrogens with zero attached hydrogens (tertiary/aromatic N) is 1. The molecule has 2 aromatic rings. The molecule has 19 heavy (non-hydrogen) atoms. The van der Waals surface area contributed by atoms with Crippen LogP contribution < -0.4 is 10.5 Å². The molecule has 0 saturated carbocycles. The Hall–Kier alpha value is -1.46. The van der Waals surface area contributed by atoms with Crippen molar-refractivity contribution in [2.45, 2.75) is 19.8 Å². The van der Waals surface area contributed by atoms with E-state index in [4.69, 9.17) is 22.7 Å². The van der Waals surface area contributed by atoms with E-state index in [9.17, 15) is 0 Å². The number of ether oxygens (including phenoxy) is 1. The van der Waals surface area contributed by atoms with Crippen LogP contribution in [0.15, 0.2) is 24.3 Å². The number of hydrogen-bond donors (Lipinski definition) is 1. The van der Waals surface area contributed by atoms with Crippen LogP contribution >= 0.6 is 23.6 Å². The molecule has 0 saturated heterocycles. The summed E-state index contributed by atoms with van der Waals surface area (Å²) in [7, 11) is 1.65. The molecule has 0 radical (unpaired) electrons. The maximum Gasteiger partial charge on any atom is 0.124 e. The Bertz CT molecular complexity index is 605. The minimum Gasteiger partial charge on any atom is -0.497 e. The molecule has 2 N–H and O–H groups in total. The quantitative estimate of drug-likeness (QED) is 0.875. The number of thiazole rings is 1. The largest absolute Gasteiger partial charge is 0.497 e. The number of hydrogen-bond acceptors (Lipinski definition) is 4. The zero-order chi connectivity index (χ0) is 14.0. The fraction of sp³-hybridized carbons (Fsp3) is 0.286. The highest BCUT2D eigenvalue weighted by molar-refractivity contribution is 7.81. The molecule has 1 aromatic carbocycles. The van der Waals surface area contributed by atoms with Crippen molar-refractivity contribution >= 4 is 28.5 Å². The predicted octanol–water partition coefficient (Wildman–Crippen LogP) is 3.58. The summed E-state index contributed by atoms with van der Waals surface area (Å²) in [4.78, 5) is 5.99. The van der Waals surface area contributed by atoms with Crippen molar-refractivity contribution in [1.29, 1.82) is 0 Å². The lowest BCUT2D eigenvalue weighted by atomic mass is 10.1. The Morgan fingerprint density at radius 2 is 2.16 bits per heavy atom. The minimum atomic E-state index is 0.298. The summed E-state index contributed by atoms with van der Waals surface area (Å²) >= 11 is 6.64. The summed E-state index contributed by atoms with van der Waals surface area (Å²) in [5.41, 5.74) is 7.77. The highest BCUT2D eigenvalue weighted by atomic mass is 32.1. The van der Waals surface area contributed by atoms with Crippen LogP contribution in [0.2, 0.25) is 0 Å². The number of nitrogens with two attached hydrogens (primary N) is 1. The van der Waals surface area contributed by atoms with Gasteiger partial charge in [0, 0.05) is 5.56 Å². The molecule has 2 rings (SSSR count). The third kappa shape index (κ3) is 2.93. The lowest BCUT2D eigenvalue weighted by molar-refractivity contribution is 0.415.